The van der Waals surface area contributed by atoms with Gasteiger partial charge < -0.3 is 29.6 Å². The van der Waals surface area contributed by atoms with Crippen LogP contribution in [0.25, 0.3) is 0 Å². The van der Waals surface area contributed by atoms with E-state index in [1.807, 2.05) is 25.4 Å². The molecule has 0 radical (unpaired) electrons. The number of hydrogen-bond donors (Lipinski definition) is 2. The van der Waals surface area contributed by atoms with Crippen molar-refractivity contribution in [2.24, 2.45) is 4.99 Å². The number of hydrogen-bond acceptors (Lipinski definition) is 5. The van der Waals surface area contributed by atoms with Crippen molar-refractivity contribution >= 4 is 35.6 Å². The molecule has 2 heterocycles. The molecule has 1 aliphatic rings. The number of halogens is 1. The largest absolute Gasteiger partial charge is 0.497 e. The van der Waals surface area contributed by atoms with Crippen molar-refractivity contribution in [3.63, 3.8) is 0 Å². The van der Waals surface area contributed by atoms with E-state index in [9.17, 15) is 0 Å². The van der Waals surface area contributed by atoms with Crippen LogP contribution in [0.15, 0.2) is 35.6 Å². The number of anilines is 1. The number of nitrogens with one attached hydrogen (secondary N) is 2. The van der Waals surface area contributed by atoms with Crippen molar-refractivity contribution in [2.45, 2.75) is 52.1 Å². The average molecular weight is 571 g/mol. The highest BCUT2D eigenvalue weighted by atomic mass is 127. The lowest BCUT2D eigenvalue weighted by atomic mass is 10.0. The van der Waals surface area contributed by atoms with Crippen LogP contribution in [-0.2, 0) is 6.54 Å². The first-order valence-corrected chi connectivity index (χ1v) is 11.6. The molecular formula is C24H39IN6O2. The molecule has 2 aromatic rings. The molecule has 1 fully saturated rings. The Morgan fingerprint density at radius 1 is 1.12 bits per heavy atom. The number of ether oxygens (including phenoxy) is 2. The van der Waals surface area contributed by atoms with Crippen LogP contribution in [0.5, 0.6) is 11.5 Å². The third kappa shape index (κ3) is 8.28. The van der Waals surface area contributed by atoms with Crippen molar-refractivity contribution in [3.8, 4) is 11.5 Å². The number of aliphatic imine (C=N–C) groups is 1. The highest BCUT2D eigenvalue weighted by molar-refractivity contribution is 14.0. The number of piperidine rings is 1. The fourth-order valence-corrected chi connectivity index (χ4v) is 4.00. The molecule has 0 bridgehead atoms. The predicted octanol–water partition coefficient (Wildman–Crippen LogP) is 3.83. The molecule has 1 aromatic heterocycles. The molecule has 184 valence electrons. The number of aromatic nitrogens is 2. The van der Waals surface area contributed by atoms with Gasteiger partial charge in [-0.1, -0.05) is 0 Å². The van der Waals surface area contributed by atoms with Crippen LogP contribution in [0.2, 0.25) is 0 Å². The monoisotopic (exact) mass is 570 g/mol. The summed E-state index contributed by atoms with van der Waals surface area (Å²) >= 11 is 0. The van der Waals surface area contributed by atoms with Crippen LogP contribution in [0, 0.1) is 6.92 Å². The minimum absolute atomic E-state index is 0. The van der Waals surface area contributed by atoms with Gasteiger partial charge in [0.25, 0.3) is 0 Å². The molecule has 0 amide bonds. The van der Waals surface area contributed by atoms with Crippen molar-refractivity contribution < 1.29 is 9.47 Å². The number of methoxy groups -OCH3 is 2. The summed E-state index contributed by atoms with van der Waals surface area (Å²) in [5.41, 5.74) is 1.15. The predicted molar refractivity (Wildman–Crippen MR) is 146 cm³/mol. The maximum atomic E-state index is 5.42. The zero-order valence-electron chi connectivity index (χ0n) is 20.3. The third-order valence-corrected chi connectivity index (χ3v) is 5.88. The molecule has 8 nitrogen and oxygen atoms in total. The Morgan fingerprint density at radius 2 is 1.82 bits per heavy atom. The van der Waals surface area contributed by atoms with Crippen molar-refractivity contribution in [1.29, 1.82) is 0 Å². The maximum Gasteiger partial charge on any atom is 0.191 e. The molecule has 1 aromatic carbocycles. The minimum atomic E-state index is 0. The Labute approximate surface area is 215 Å². The summed E-state index contributed by atoms with van der Waals surface area (Å²) in [7, 11) is 3.38. The SMILES string of the molecule is CCNC(=NCCCCn1ccnc1C)NC1CCN(c2cc(OC)cc(OC)c2)CC1.I. The van der Waals surface area contributed by atoms with Crippen LogP contribution in [0.3, 0.4) is 0 Å². The summed E-state index contributed by atoms with van der Waals surface area (Å²) in [6, 6.07) is 6.48. The van der Waals surface area contributed by atoms with Gasteiger partial charge >= 0.3 is 0 Å². The Morgan fingerprint density at radius 3 is 2.39 bits per heavy atom. The number of imidazole rings is 1. The Hall–Kier alpha value is -2.17. The zero-order valence-corrected chi connectivity index (χ0v) is 22.7. The van der Waals surface area contributed by atoms with Gasteiger partial charge in [0.2, 0.25) is 0 Å². The lowest BCUT2D eigenvalue weighted by molar-refractivity contribution is 0.393. The first kappa shape index (κ1) is 27.1. The fourth-order valence-electron chi connectivity index (χ4n) is 4.00. The molecule has 9 heteroatoms. The van der Waals surface area contributed by atoms with Crippen LogP contribution in [0.4, 0.5) is 5.69 Å². The smallest absolute Gasteiger partial charge is 0.191 e. The second-order valence-corrected chi connectivity index (χ2v) is 8.11. The first-order chi connectivity index (χ1) is 15.6. The van der Waals surface area contributed by atoms with Gasteiger partial charge in [0.05, 0.1) is 14.2 Å². The second kappa shape index (κ2) is 14.2. The summed E-state index contributed by atoms with van der Waals surface area (Å²) in [5.74, 6) is 3.64. The van der Waals surface area contributed by atoms with Gasteiger partial charge in [-0.3, -0.25) is 4.99 Å². The lowest BCUT2D eigenvalue weighted by Gasteiger charge is -2.34. The molecule has 0 atom stereocenters. The first-order valence-electron chi connectivity index (χ1n) is 11.6. The van der Waals surface area contributed by atoms with Crippen molar-refractivity contribution in [1.82, 2.24) is 20.2 Å². The summed E-state index contributed by atoms with van der Waals surface area (Å²) in [4.78, 5) is 11.5. The lowest BCUT2D eigenvalue weighted by Crippen LogP contribution is -2.48. The van der Waals surface area contributed by atoms with Gasteiger partial charge in [0.1, 0.15) is 17.3 Å². The molecule has 1 aliphatic heterocycles. The van der Waals surface area contributed by atoms with Crippen molar-refractivity contribution in [3.05, 3.63) is 36.4 Å². The van der Waals surface area contributed by atoms with E-state index in [1.165, 1.54) is 0 Å². The summed E-state index contributed by atoms with van der Waals surface area (Å²) in [5, 5.41) is 7.03. The van der Waals surface area contributed by atoms with Crippen LogP contribution in [0.1, 0.15) is 38.4 Å². The molecule has 0 unspecified atom stereocenters. The molecule has 33 heavy (non-hydrogen) atoms. The minimum Gasteiger partial charge on any atom is -0.497 e. The quantitative estimate of drug-likeness (QED) is 0.196. The summed E-state index contributed by atoms with van der Waals surface area (Å²) in [6.07, 6.45) is 8.18. The highest BCUT2D eigenvalue weighted by Gasteiger charge is 2.21. The van der Waals surface area contributed by atoms with Crippen LogP contribution in [-0.4, -0.2) is 62.0 Å². The Bertz CT molecular complexity index is 842. The second-order valence-electron chi connectivity index (χ2n) is 8.11. The van der Waals surface area contributed by atoms with E-state index in [4.69, 9.17) is 14.5 Å². The number of guanidine groups is 1. The topological polar surface area (TPSA) is 75.9 Å². The number of unbranched alkanes of at least 4 members (excludes halogenated alkanes) is 1. The zero-order chi connectivity index (χ0) is 22.8. The number of aryl methyl sites for hydroxylation is 2. The molecule has 3 rings (SSSR count). The highest BCUT2D eigenvalue weighted by Crippen LogP contribution is 2.30. The number of rotatable bonds is 10. The van der Waals surface area contributed by atoms with Gasteiger partial charge in [0, 0.05) is 75.0 Å². The molecule has 0 spiro atoms. The number of nitrogens with zero attached hydrogens (tertiary/aromatic N) is 4. The van der Waals surface area contributed by atoms with E-state index in [0.717, 1.165) is 87.4 Å². The normalized spacial score (nSPS) is 14.5. The van der Waals surface area contributed by atoms with Gasteiger partial charge in [-0.05, 0) is 39.5 Å². The number of benzene rings is 1. The summed E-state index contributed by atoms with van der Waals surface area (Å²) in [6.45, 7) is 8.81. The van der Waals surface area contributed by atoms with E-state index in [-0.39, 0.29) is 24.0 Å². The van der Waals surface area contributed by atoms with E-state index < -0.39 is 0 Å². The molecule has 2 N–H and O–H groups in total. The van der Waals surface area contributed by atoms with Gasteiger partial charge in [-0.25, -0.2) is 4.98 Å². The van der Waals surface area contributed by atoms with Crippen LogP contribution < -0.4 is 25.0 Å². The van der Waals surface area contributed by atoms with Gasteiger partial charge in [-0.2, -0.15) is 0 Å². The molecule has 0 saturated carbocycles. The van der Waals surface area contributed by atoms with Gasteiger partial charge in [0.15, 0.2) is 5.96 Å². The maximum absolute atomic E-state index is 5.42. The van der Waals surface area contributed by atoms with E-state index in [2.05, 4.69) is 44.1 Å². The van der Waals surface area contributed by atoms with Crippen molar-refractivity contribution in [2.75, 3.05) is 45.3 Å². The molecular weight excluding hydrogens is 531 g/mol. The standard InChI is InChI=1S/C24H38N6O2.HI/c1-5-25-24(27-10-6-7-12-29-15-11-26-19(29)2)28-20-8-13-30(14-9-20)21-16-22(31-3)18-23(17-21)32-4;/h11,15-18,20H,5-10,12-14H2,1-4H3,(H2,25,27,28);1H. The third-order valence-electron chi connectivity index (χ3n) is 5.88. The van der Waals surface area contributed by atoms with E-state index in [1.54, 1.807) is 14.2 Å². The van der Waals surface area contributed by atoms with E-state index in [0.29, 0.717) is 6.04 Å². The Balaban J connectivity index is 0.00000385. The fraction of sp³-hybridized carbons (Fsp3) is 0.583. The average Bonchev–Trinajstić information content (AvgIpc) is 3.23. The molecule has 0 aliphatic carbocycles. The Kier molecular flexibility index (Phi) is 11.6. The molecule has 1 saturated heterocycles. The van der Waals surface area contributed by atoms with E-state index >= 15 is 0 Å². The summed E-state index contributed by atoms with van der Waals surface area (Å²) < 4.78 is 13.0. The van der Waals surface area contributed by atoms with Crippen LogP contribution >= 0.6 is 24.0 Å². The van der Waals surface area contributed by atoms with Gasteiger partial charge in [-0.15, -0.1) is 24.0 Å².